The van der Waals surface area contributed by atoms with Gasteiger partial charge in [0.1, 0.15) is 0 Å². The Balaban J connectivity index is 3.10. The van der Waals surface area contributed by atoms with Crippen molar-refractivity contribution in [3.05, 3.63) is 17.5 Å². The van der Waals surface area contributed by atoms with E-state index in [2.05, 4.69) is 22.3 Å². The Morgan fingerprint density at radius 3 is 2.92 bits per heavy atom. The molecule has 0 aromatic carbocycles. The number of aromatic nitrogens is 2. The van der Waals surface area contributed by atoms with Gasteiger partial charge in [0, 0.05) is 13.2 Å². The molecule has 4 nitrogen and oxygen atoms in total. The molecule has 0 unspecified atom stereocenters. The second-order valence-electron chi connectivity index (χ2n) is 2.31. The molecule has 12 heavy (non-hydrogen) atoms. The minimum atomic E-state index is -0.393. The molecule has 5 heteroatoms. The van der Waals surface area contributed by atoms with Crippen molar-refractivity contribution >= 4 is 23.3 Å². The molecule has 0 spiro atoms. The van der Waals surface area contributed by atoms with Gasteiger partial charge in [-0.2, -0.15) is 10.1 Å². The van der Waals surface area contributed by atoms with E-state index >= 15 is 0 Å². The van der Waals surface area contributed by atoms with Crippen LogP contribution in [0.15, 0.2) is 11.2 Å². The molecule has 0 aliphatic heterocycles. The second-order valence-corrected chi connectivity index (χ2v) is 2.49. The Morgan fingerprint density at radius 1 is 1.83 bits per heavy atom. The van der Waals surface area contributed by atoms with Gasteiger partial charge in [-0.25, -0.2) is 0 Å². The fourth-order valence-corrected chi connectivity index (χ4v) is 0.994. The molecule has 0 saturated carbocycles. The van der Waals surface area contributed by atoms with Gasteiger partial charge in [0.2, 0.25) is 0 Å². The van der Waals surface area contributed by atoms with E-state index in [-0.39, 0.29) is 0 Å². The number of isothiocyanates is 1. The lowest BCUT2D eigenvalue weighted by Crippen LogP contribution is -1.93. The fourth-order valence-electron chi connectivity index (χ4n) is 0.911. The maximum atomic E-state index is 11.1. The first-order valence-corrected chi connectivity index (χ1v) is 3.68. The molecule has 1 heterocycles. The van der Waals surface area contributed by atoms with Crippen molar-refractivity contribution in [2.45, 2.75) is 6.92 Å². The van der Waals surface area contributed by atoms with Crippen LogP contribution in [0.4, 0.5) is 0 Å². The zero-order valence-corrected chi connectivity index (χ0v) is 7.55. The highest BCUT2D eigenvalue weighted by Gasteiger charge is 2.10. The summed E-state index contributed by atoms with van der Waals surface area (Å²) in [5.41, 5.74) is 1.12. The minimum absolute atomic E-state index is 0.393. The summed E-state index contributed by atoms with van der Waals surface area (Å²) in [7, 11) is 1.74. The molecule has 0 radical (unpaired) electrons. The quantitative estimate of drug-likeness (QED) is 0.479. The predicted molar refractivity (Wildman–Crippen MR) is 47.3 cm³/mol. The third-order valence-corrected chi connectivity index (χ3v) is 1.48. The van der Waals surface area contributed by atoms with Crippen molar-refractivity contribution in [2.24, 2.45) is 12.0 Å². The zero-order chi connectivity index (χ0) is 9.14. The number of hydrogen-bond donors (Lipinski definition) is 0. The Labute approximate surface area is 74.9 Å². The second kappa shape index (κ2) is 3.38. The van der Waals surface area contributed by atoms with Gasteiger partial charge in [-0.15, -0.1) is 0 Å². The van der Waals surface area contributed by atoms with Crippen LogP contribution < -0.4 is 0 Å². The molecule has 0 aliphatic rings. The minimum Gasteiger partial charge on any atom is -0.275 e. The molecular weight excluding hydrogens is 174 g/mol. The third-order valence-electron chi connectivity index (χ3n) is 1.39. The van der Waals surface area contributed by atoms with E-state index in [4.69, 9.17) is 0 Å². The topological polar surface area (TPSA) is 47.2 Å². The number of amides is 1. The number of aliphatic imine (C=N–C) groups is 1. The molecule has 1 aromatic heterocycles. The van der Waals surface area contributed by atoms with Crippen LogP contribution in [0.2, 0.25) is 0 Å². The average molecular weight is 181 g/mol. The van der Waals surface area contributed by atoms with Crippen LogP contribution in [0.25, 0.3) is 0 Å². The number of rotatable bonds is 1. The van der Waals surface area contributed by atoms with Gasteiger partial charge in [-0.1, -0.05) is 0 Å². The average Bonchev–Trinajstić information content (AvgIpc) is 2.30. The highest BCUT2D eigenvalue weighted by molar-refractivity contribution is 7.78. The third kappa shape index (κ3) is 1.64. The first kappa shape index (κ1) is 8.77. The largest absolute Gasteiger partial charge is 0.289 e. The summed E-state index contributed by atoms with van der Waals surface area (Å²) in [6.07, 6.45) is 1.60. The van der Waals surface area contributed by atoms with E-state index in [0.717, 1.165) is 0 Å². The van der Waals surface area contributed by atoms with Crippen LogP contribution in [0.3, 0.4) is 0 Å². The van der Waals surface area contributed by atoms with Crippen LogP contribution in [0.1, 0.15) is 16.1 Å². The normalized spacial score (nSPS) is 9.17. The summed E-state index contributed by atoms with van der Waals surface area (Å²) in [4.78, 5) is 14.5. The first-order valence-electron chi connectivity index (χ1n) is 3.27. The van der Waals surface area contributed by atoms with Crippen molar-refractivity contribution in [1.82, 2.24) is 9.78 Å². The Hall–Kier alpha value is -1.32. The highest BCUT2D eigenvalue weighted by Crippen LogP contribution is 2.05. The van der Waals surface area contributed by atoms with Gasteiger partial charge in [-0.3, -0.25) is 9.48 Å². The maximum Gasteiger partial charge on any atom is 0.289 e. The summed E-state index contributed by atoms with van der Waals surface area (Å²) >= 11 is 4.31. The Bertz CT molecular complexity index is 363. The van der Waals surface area contributed by atoms with Crippen LogP contribution in [0.5, 0.6) is 0 Å². The predicted octanol–water partition coefficient (Wildman–Crippen LogP) is 0.972. The number of carbonyl (C=O) groups is 1. The van der Waals surface area contributed by atoms with Gasteiger partial charge in [-0.05, 0) is 19.1 Å². The molecular formula is C7H7N3OS. The maximum absolute atomic E-state index is 11.1. The first-order chi connectivity index (χ1) is 5.65. The van der Waals surface area contributed by atoms with E-state index in [1.54, 1.807) is 24.9 Å². The van der Waals surface area contributed by atoms with Gasteiger partial charge in [0.25, 0.3) is 5.91 Å². The molecule has 0 fully saturated rings. The Morgan fingerprint density at radius 2 is 2.50 bits per heavy atom. The van der Waals surface area contributed by atoms with E-state index in [1.807, 2.05) is 5.16 Å². The van der Waals surface area contributed by atoms with E-state index in [0.29, 0.717) is 11.3 Å². The SMILES string of the molecule is Cc1nn(C)cc1C(=O)N=C=S. The van der Waals surface area contributed by atoms with E-state index < -0.39 is 5.91 Å². The fraction of sp³-hybridized carbons (Fsp3) is 0.286. The molecule has 1 rings (SSSR count). The van der Waals surface area contributed by atoms with Crippen LogP contribution in [-0.2, 0) is 7.05 Å². The summed E-state index contributed by atoms with van der Waals surface area (Å²) in [5.74, 6) is -0.393. The van der Waals surface area contributed by atoms with Crippen molar-refractivity contribution in [3.8, 4) is 0 Å². The lowest BCUT2D eigenvalue weighted by Gasteiger charge is -1.85. The zero-order valence-electron chi connectivity index (χ0n) is 6.74. The summed E-state index contributed by atoms with van der Waals surface area (Å²) in [6.45, 7) is 1.74. The van der Waals surface area contributed by atoms with Crippen molar-refractivity contribution < 1.29 is 4.79 Å². The number of aryl methyl sites for hydroxylation is 2. The smallest absolute Gasteiger partial charge is 0.275 e. The summed E-state index contributed by atoms with van der Waals surface area (Å²) < 4.78 is 1.56. The molecule has 0 saturated heterocycles. The van der Waals surface area contributed by atoms with E-state index in [9.17, 15) is 4.79 Å². The number of hydrogen-bond acceptors (Lipinski definition) is 3. The molecule has 0 atom stereocenters. The number of carbonyl (C=O) groups excluding carboxylic acids is 1. The summed E-state index contributed by atoms with van der Waals surface area (Å²) in [6, 6.07) is 0. The van der Waals surface area contributed by atoms with Gasteiger partial charge < -0.3 is 0 Å². The van der Waals surface area contributed by atoms with Crippen molar-refractivity contribution in [1.29, 1.82) is 0 Å². The molecule has 1 aromatic rings. The van der Waals surface area contributed by atoms with Crippen LogP contribution in [-0.4, -0.2) is 20.8 Å². The van der Waals surface area contributed by atoms with Crippen LogP contribution in [0, 0.1) is 6.92 Å². The lowest BCUT2D eigenvalue weighted by molar-refractivity contribution is 0.100. The molecule has 62 valence electrons. The van der Waals surface area contributed by atoms with Gasteiger partial charge in [0.05, 0.1) is 16.4 Å². The van der Waals surface area contributed by atoms with Gasteiger partial charge >= 0.3 is 0 Å². The molecule has 0 aliphatic carbocycles. The van der Waals surface area contributed by atoms with E-state index in [1.165, 1.54) is 0 Å². The van der Waals surface area contributed by atoms with Crippen LogP contribution >= 0.6 is 12.2 Å². The van der Waals surface area contributed by atoms with Gasteiger partial charge in [0.15, 0.2) is 0 Å². The molecule has 1 amide bonds. The molecule has 0 N–H and O–H groups in total. The number of nitrogens with zero attached hydrogens (tertiary/aromatic N) is 3. The van der Waals surface area contributed by atoms with Crippen molar-refractivity contribution in [2.75, 3.05) is 0 Å². The highest BCUT2D eigenvalue weighted by atomic mass is 32.1. The molecule has 0 bridgehead atoms. The standard InChI is InChI=1S/C7H7N3OS/c1-5-6(3-10(2)9-5)7(11)8-4-12/h3H,1-2H3. The monoisotopic (exact) mass is 181 g/mol. The lowest BCUT2D eigenvalue weighted by atomic mass is 10.2. The Kier molecular flexibility index (Phi) is 2.47. The summed E-state index contributed by atoms with van der Waals surface area (Å²) in [5, 5.41) is 6.01. The van der Waals surface area contributed by atoms with Crippen molar-refractivity contribution in [3.63, 3.8) is 0 Å². The number of thiocarbonyl (C=S) groups is 1.